The molecule has 3 aromatic rings. The highest BCUT2D eigenvalue weighted by molar-refractivity contribution is 5.96. The molecule has 4 rings (SSSR count). The van der Waals surface area contributed by atoms with Crippen molar-refractivity contribution in [1.29, 1.82) is 0 Å². The lowest BCUT2D eigenvalue weighted by Crippen LogP contribution is -2.56. The number of nitrogens with one attached hydrogen (secondary N) is 1. The summed E-state index contributed by atoms with van der Waals surface area (Å²) in [5.41, 5.74) is 3.13. The molecule has 2 aromatic heterocycles. The Labute approximate surface area is 156 Å². The van der Waals surface area contributed by atoms with Gasteiger partial charge in [-0.15, -0.1) is 0 Å². The fraction of sp³-hybridized carbons (Fsp3) is 0.368. The number of benzene rings is 1. The Kier molecular flexibility index (Phi) is 4.18. The van der Waals surface area contributed by atoms with Crippen molar-refractivity contribution in [2.45, 2.75) is 26.4 Å². The number of nitrogens with zero attached hydrogens (tertiary/aromatic N) is 5. The number of para-hydroxylation sites is 2. The van der Waals surface area contributed by atoms with Crippen LogP contribution in [0.3, 0.4) is 0 Å². The quantitative estimate of drug-likeness (QED) is 0.759. The van der Waals surface area contributed by atoms with E-state index < -0.39 is 6.04 Å². The summed E-state index contributed by atoms with van der Waals surface area (Å²) in [6, 6.07) is 9.22. The molecule has 0 saturated carbocycles. The van der Waals surface area contributed by atoms with Crippen LogP contribution in [-0.4, -0.2) is 67.5 Å². The van der Waals surface area contributed by atoms with Gasteiger partial charge in [-0.2, -0.15) is 5.10 Å². The second-order valence-electron chi connectivity index (χ2n) is 6.95. The molecule has 1 unspecified atom stereocenters. The number of H-pyrrole nitrogens is 1. The van der Waals surface area contributed by atoms with Crippen LogP contribution in [0.2, 0.25) is 0 Å². The molecule has 0 bridgehead atoms. The van der Waals surface area contributed by atoms with Gasteiger partial charge in [0, 0.05) is 20.1 Å². The van der Waals surface area contributed by atoms with E-state index in [2.05, 4.69) is 19.7 Å². The molecule has 8 heteroatoms. The normalized spacial score (nSPS) is 17.7. The number of amides is 2. The summed E-state index contributed by atoms with van der Waals surface area (Å²) < 4.78 is 2.08. The molecular weight excluding hydrogens is 344 g/mol. The predicted octanol–water partition coefficient (Wildman–Crippen LogP) is 1.42. The predicted molar refractivity (Wildman–Crippen MR) is 100 cm³/mol. The molecular formula is C19H22N6O2. The molecule has 0 spiro atoms. The van der Waals surface area contributed by atoms with Crippen molar-refractivity contribution in [3.8, 4) is 0 Å². The third-order valence-electron chi connectivity index (χ3n) is 5.16. The number of aryl methyl sites for hydroxylation is 1. The van der Waals surface area contributed by atoms with Crippen molar-refractivity contribution in [2.24, 2.45) is 0 Å². The Morgan fingerprint density at radius 2 is 2.07 bits per heavy atom. The first-order chi connectivity index (χ1) is 13.0. The second-order valence-corrected chi connectivity index (χ2v) is 6.95. The topological polar surface area (TPSA) is 87.1 Å². The fourth-order valence-corrected chi connectivity index (χ4v) is 3.56. The van der Waals surface area contributed by atoms with E-state index in [0.717, 1.165) is 22.6 Å². The van der Waals surface area contributed by atoms with Crippen molar-refractivity contribution in [3.05, 3.63) is 47.5 Å². The van der Waals surface area contributed by atoms with Gasteiger partial charge in [-0.3, -0.25) is 14.7 Å². The Balaban J connectivity index is 1.56. The van der Waals surface area contributed by atoms with Crippen LogP contribution in [0.5, 0.6) is 0 Å². The molecule has 27 heavy (non-hydrogen) atoms. The SMILES string of the molecule is Cc1nc2ccccc2n1Cc1cc(C(=O)N2CCN(C)C(=O)C2C)n[nH]1. The molecule has 8 nitrogen and oxygen atoms in total. The Bertz CT molecular complexity index is 1020. The van der Waals surface area contributed by atoms with Crippen molar-refractivity contribution >= 4 is 22.8 Å². The van der Waals surface area contributed by atoms with Crippen molar-refractivity contribution in [1.82, 2.24) is 29.5 Å². The molecule has 1 saturated heterocycles. The fourth-order valence-electron chi connectivity index (χ4n) is 3.56. The Hall–Kier alpha value is -3.16. The number of rotatable bonds is 3. The van der Waals surface area contributed by atoms with Crippen LogP contribution in [0.25, 0.3) is 11.0 Å². The van der Waals surface area contributed by atoms with Gasteiger partial charge in [-0.1, -0.05) is 12.1 Å². The van der Waals surface area contributed by atoms with Gasteiger partial charge in [0.05, 0.1) is 23.3 Å². The highest BCUT2D eigenvalue weighted by atomic mass is 16.2. The van der Waals surface area contributed by atoms with E-state index in [1.807, 2.05) is 31.2 Å². The maximum atomic E-state index is 12.8. The first-order valence-electron chi connectivity index (χ1n) is 8.98. The van der Waals surface area contributed by atoms with Crippen LogP contribution in [-0.2, 0) is 11.3 Å². The van der Waals surface area contributed by atoms with E-state index in [4.69, 9.17) is 0 Å². The molecule has 1 aliphatic heterocycles. The standard InChI is InChI=1S/C19H22N6O2/c1-12-18(26)23(3)8-9-24(12)19(27)16-10-14(21-22-16)11-25-13(2)20-15-6-4-5-7-17(15)25/h4-7,10,12H,8-9,11H2,1-3H3,(H,21,22). The maximum absolute atomic E-state index is 12.8. The van der Waals surface area contributed by atoms with Crippen molar-refractivity contribution in [3.63, 3.8) is 0 Å². The minimum atomic E-state index is -0.476. The lowest BCUT2D eigenvalue weighted by atomic mass is 10.1. The van der Waals surface area contributed by atoms with E-state index >= 15 is 0 Å². The highest BCUT2D eigenvalue weighted by Crippen LogP contribution is 2.18. The molecule has 0 aliphatic carbocycles. The lowest BCUT2D eigenvalue weighted by Gasteiger charge is -2.36. The zero-order valence-electron chi connectivity index (χ0n) is 15.6. The van der Waals surface area contributed by atoms with Crippen molar-refractivity contribution < 1.29 is 9.59 Å². The molecule has 3 heterocycles. The second kappa shape index (κ2) is 6.53. The number of hydrogen-bond donors (Lipinski definition) is 1. The number of aromatic nitrogens is 4. The van der Waals surface area contributed by atoms with E-state index in [1.54, 1.807) is 29.8 Å². The van der Waals surface area contributed by atoms with E-state index in [-0.39, 0.29) is 11.8 Å². The van der Waals surface area contributed by atoms with Crippen LogP contribution in [0, 0.1) is 6.92 Å². The zero-order valence-corrected chi connectivity index (χ0v) is 15.6. The van der Waals surface area contributed by atoms with Crippen LogP contribution in [0.15, 0.2) is 30.3 Å². The summed E-state index contributed by atoms with van der Waals surface area (Å²) in [4.78, 5) is 32.7. The van der Waals surface area contributed by atoms with E-state index in [9.17, 15) is 9.59 Å². The third-order valence-corrected chi connectivity index (χ3v) is 5.16. The summed E-state index contributed by atoms with van der Waals surface area (Å²) in [7, 11) is 1.76. The smallest absolute Gasteiger partial charge is 0.275 e. The number of hydrogen-bond acceptors (Lipinski definition) is 4. The summed E-state index contributed by atoms with van der Waals surface area (Å²) in [6.07, 6.45) is 0. The minimum absolute atomic E-state index is 0.0501. The summed E-state index contributed by atoms with van der Waals surface area (Å²) in [6.45, 7) is 5.30. The van der Waals surface area contributed by atoms with E-state index in [0.29, 0.717) is 25.3 Å². The van der Waals surface area contributed by atoms with Crippen molar-refractivity contribution in [2.75, 3.05) is 20.1 Å². The molecule has 2 amide bonds. The van der Waals surface area contributed by atoms with Gasteiger partial charge >= 0.3 is 0 Å². The van der Waals surface area contributed by atoms with Gasteiger partial charge < -0.3 is 14.4 Å². The molecule has 1 aliphatic rings. The molecule has 0 radical (unpaired) electrons. The van der Waals surface area contributed by atoms with Crippen LogP contribution < -0.4 is 0 Å². The molecule has 1 fully saturated rings. The van der Waals surface area contributed by atoms with Gasteiger partial charge in [-0.05, 0) is 32.0 Å². The number of aromatic amines is 1. The number of fused-ring (bicyclic) bond motifs is 1. The zero-order chi connectivity index (χ0) is 19.1. The maximum Gasteiger partial charge on any atom is 0.275 e. The lowest BCUT2D eigenvalue weighted by molar-refractivity contribution is -0.137. The minimum Gasteiger partial charge on any atom is -0.342 e. The monoisotopic (exact) mass is 366 g/mol. The Morgan fingerprint density at radius 3 is 2.89 bits per heavy atom. The number of piperazine rings is 1. The first kappa shape index (κ1) is 17.3. The Morgan fingerprint density at radius 1 is 1.30 bits per heavy atom. The summed E-state index contributed by atoms with van der Waals surface area (Å²) >= 11 is 0. The van der Waals surface area contributed by atoms with Gasteiger partial charge in [0.1, 0.15) is 11.9 Å². The molecule has 1 aromatic carbocycles. The van der Waals surface area contributed by atoms with Crippen LogP contribution in [0.4, 0.5) is 0 Å². The summed E-state index contributed by atoms with van der Waals surface area (Å²) in [5, 5.41) is 7.13. The largest absolute Gasteiger partial charge is 0.342 e. The number of imidazole rings is 1. The molecule has 1 atom stereocenters. The van der Waals surface area contributed by atoms with Gasteiger partial charge in [-0.25, -0.2) is 4.98 Å². The summed E-state index contributed by atoms with van der Waals surface area (Å²) in [5.74, 6) is 0.626. The average Bonchev–Trinajstić information content (AvgIpc) is 3.25. The third kappa shape index (κ3) is 2.97. The first-order valence-corrected chi connectivity index (χ1v) is 8.98. The van der Waals surface area contributed by atoms with Gasteiger partial charge in [0.15, 0.2) is 5.69 Å². The number of carbonyl (C=O) groups excluding carboxylic acids is 2. The van der Waals surface area contributed by atoms with Crippen LogP contribution in [0.1, 0.15) is 28.9 Å². The highest BCUT2D eigenvalue weighted by Gasteiger charge is 2.33. The van der Waals surface area contributed by atoms with E-state index in [1.165, 1.54) is 0 Å². The molecule has 140 valence electrons. The average molecular weight is 366 g/mol. The van der Waals surface area contributed by atoms with Crippen LogP contribution >= 0.6 is 0 Å². The number of likely N-dealkylation sites (N-methyl/N-ethyl adjacent to an activating group) is 1. The van der Waals surface area contributed by atoms with Gasteiger partial charge in [0.25, 0.3) is 5.91 Å². The van der Waals surface area contributed by atoms with Gasteiger partial charge in [0.2, 0.25) is 5.91 Å². The number of carbonyl (C=O) groups is 2. The molecule has 1 N–H and O–H groups in total.